The summed E-state index contributed by atoms with van der Waals surface area (Å²) in [7, 11) is 0. The maximum Gasteiger partial charge on any atom is 0.292 e. The van der Waals surface area contributed by atoms with Crippen LogP contribution in [0.4, 0.5) is 11.4 Å². The average Bonchev–Trinajstić information content (AvgIpc) is 2.78. The van der Waals surface area contributed by atoms with Crippen LogP contribution in [-0.4, -0.2) is 26.1 Å². The van der Waals surface area contributed by atoms with Crippen molar-refractivity contribution in [2.45, 2.75) is 19.0 Å². The fourth-order valence-corrected chi connectivity index (χ4v) is 4.54. The lowest BCUT2D eigenvalue weighted by molar-refractivity contribution is -0.383. The molecule has 0 bridgehead atoms. The molecule has 0 unspecified atom stereocenters. The molecular formula is C24H19ClN4O4S. The number of benzene rings is 3. The van der Waals surface area contributed by atoms with Gasteiger partial charge in [0.15, 0.2) is 5.16 Å². The Morgan fingerprint density at radius 1 is 1.15 bits per heavy atom. The molecule has 0 atom stereocenters. The number of anilines is 1. The molecule has 0 radical (unpaired) electrons. The van der Waals surface area contributed by atoms with Gasteiger partial charge in [-0.25, -0.2) is 4.98 Å². The molecule has 0 aliphatic heterocycles. The Morgan fingerprint density at radius 3 is 2.65 bits per heavy atom. The normalized spacial score (nSPS) is 10.9. The molecule has 3 aromatic carbocycles. The Kier molecular flexibility index (Phi) is 6.67. The molecule has 0 saturated carbocycles. The lowest BCUT2D eigenvalue weighted by Crippen LogP contribution is -2.23. The molecule has 0 aliphatic carbocycles. The third kappa shape index (κ3) is 4.80. The fourth-order valence-electron chi connectivity index (χ4n) is 3.56. The number of carbonyl (C=O) groups excluding carboxylic acids is 1. The van der Waals surface area contributed by atoms with Gasteiger partial charge in [0, 0.05) is 11.1 Å². The maximum absolute atomic E-state index is 13.4. The topological polar surface area (TPSA) is 107 Å². The molecule has 1 aromatic heterocycles. The van der Waals surface area contributed by atoms with E-state index in [4.69, 9.17) is 11.6 Å². The van der Waals surface area contributed by atoms with E-state index in [0.29, 0.717) is 21.7 Å². The lowest BCUT2D eigenvalue weighted by atomic mass is 10.1. The van der Waals surface area contributed by atoms with E-state index in [2.05, 4.69) is 10.3 Å². The number of carbonyl (C=O) groups is 1. The minimum Gasteiger partial charge on any atom is -0.320 e. The number of nitro benzene ring substituents is 1. The number of rotatable bonds is 6. The van der Waals surface area contributed by atoms with Crippen molar-refractivity contribution in [3.05, 3.63) is 97.3 Å². The molecule has 0 saturated heterocycles. The zero-order chi connectivity index (χ0) is 24.4. The second-order valence-electron chi connectivity index (χ2n) is 7.60. The number of nitrogens with zero attached hydrogens (tertiary/aromatic N) is 3. The number of amides is 1. The Labute approximate surface area is 203 Å². The van der Waals surface area contributed by atoms with E-state index in [1.165, 1.54) is 22.8 Å². The van der Waals surface area contributed by atoms with Gasteiger partial charge in [0.05, 0.1) is 27.3 Å². The fraction of sp³-hybridized carbons (Fsp3) is 0.125. The second-order valence-corrected chi connectivity index (χ2v) is 8.98. The minimum atomic E-state index is -0.595. The van der Waals surface area contributed by atoms with Gasteiger partial charge in [-0.1, -0.05) is 53.2 Å². The van der Waals surface area contributed by atoms with Crippen molar-refractivity contribution in [2.75, 3.05) is 11.1 Å². The number of fused-ring (bicyclic) bond motifs is 1. The third-order valence-electron chi connectivity index (χ3n) is 5.10. The first-order chi connectivity index (χ1) is 16.2. The van der Waals surface area contributed by atoms with Crippen LogP contribution in [0.3, 0.4) is 0 Å². The lowest BCUT2D eigenvalue weighted by Gasteiger charge is -2.15. The minimum absolute atomic E-state index is 0.00124. The van der Waals surface area contributed by atoms with Crippen molar-refractivity contribution in [1.29, 1.82) is 0 Å². The second kappa shape index (κ2) is 9.66. The predicted octanol–water partition coefficient (Wildman–Crippen LogP) is 5.29. The van der Waals surface area contributed by atoms with Gasteiger partial charge in [-0.05, 0) is 49.7 Å². The molecular weight excluding hydrogens is 476 g/mol. The SMILES string of the molecule is Cc1ccc(-n2c(SCC(=O)Nc3cc(Cl)ccc3[N+](=O)[O-])nc3ccccc3c2=O)c(C)c1. The summed E-state index contributed by atoms with van der Waals surface area (Å²) in [6.07, 6.45) is 0. The first-order valence-corrected chi connectivity index (χ1v) is 11.6. The number of nitro groups is 1. The molecule has 0 spiro atoms. The number of thioether (sulfide) groups is 1. The van der Waals surface area contributed by atoms with Crippen molar-refractivity contribution in [2.24, 2.45) is 0 Å². The van der Waals surface area contributed by atoms with Crippen molar-refractivity contribution in [1.82, 2.24) is 9.55 Å². The van der Waals surface area contributed by atoms with Crippen LogP contribution in [0.1, 0.15) is 11.1 Å². The molecule has 34 heavy (non-hydrogen) atoms. The van der Waals surface area contributed by atoms with E-state index in [1.54, 1.807) is 24.3 Å². The van der Waals surface area contributed by atoms with Crippen LogP contribution in [0.15, 0.2) is 70.6 Å². The summed E-state index contributed by atoms with van der Waals surface area (Å²) >= 11 is 7.00. The molecule has 10 heteroatoms. The summed E-state index contributed by atoms with van der Waals surface area (Å²) in [5, 5.41) is 14.9. The Bertz CT molecular complexity index is 1500. The highest BCUT2D eigenvalue weighted by Crippen LogP contribution is 2.29. The molecule has 1 amide bonds. The first-order valence-electron chi connectivity index (χ1n) is 10.2. The van der Waals surface area contributed by atoms with Crippen molar-refractivity contribution in [3.63, 3.8) is 0 Å². The number of hydrogen-bond donors (Lipinski definition) is 1. The van der Waals surface area contributed by atoms with Gasteiger partial charge in [-0.2, -0.15) is 0 Å². The van der Waals surface area contributed by atoms with E-state index in [1.807, 2.05) is 32.0 Å². The smallest absolute Gasteiger partial charge is 0.292 e. The van der Waals surface area contributed by atoms with Crippen LogP contribution in [0.5, 0.6) is 0 Å². The summed E-state index contributed by atoms with van der Waals surface area (Å²) in [5.41, 5.74) is 2.62. The Balaban J connectivity index is 1.70. The monoisotopic (exact) mass is 494 g/mol. The summed E-state index contributed by atoms with van der Waals surface area (Å²) < 4.78 is 1.50. The number of halogens is 1. The van der Waals surface area contributed by atoms with Gasteiger partial charge in [0.25, 0.3) is 11.2 Å². The molecule has 4 rings (SSSR count). The predicted molar refractivity (Wildman–Crippen MR) is 134 cm³/mol. The molecule has 172 valence electrons. The highest BCUT2D eigenvalue weighted by molar-refractivity contribution is 7.99. The van der Waals surface area contributed by atoms with E-state index in [9.17, 15) is 19.7 Å². The van der Waals surface area contributed by atoms with Gasteiger partial charge in [-0.15, -0.1) is 0 Å². The molecule has 1 heterocycles. The zero-order valence-electron chi connectivity index (χ0n) is 18.2. The van der Waals surface area contributed by atoms with Crippen molar-refractivity contribution in [3.8, 4) is 5.69 Å². The number of aryl methyl sites for hydroxylation is 2. The van der Waals surface area contributed by atoms with Crippen LogP contribution in [0, 0.1) is 24.0 Å². The van der Waals surface area contributed by atoms with Crippen LogP contribution < -0.4 is 10.9 Å². The van der Waals surface area contributed by atoms with Gasteiger partial charge in [-0.3, -0.25) is 24.3 Å². The van der Waals surface area contributed by atoms with E-state index in [-0.39, 0.29) is 27.7 Å². The highest BCUT2D eigenvalue weighted by Gasteiger charge is 2.19. The molecule has 4 aromatic rings. The summed E-state index contributed by atoms with van der Waals surface area (Å²) in [6.45, 7) is 3.87. The van der Waals surface area contributed by atoms with Crippen LogP contribution >= 0.6 is 23.4 Å². The van der Waals surface area contributed by atoms with E-state index >= 15 is 0 Å². The zero-order valence-corrected chi connectivity index (χ0v) is 19.8. The van der Waals surface area contributed by atoms with Crippen molar-refractivity contribution < 1.29 is 9.72 Å². The number of para-hydroxylation sites is 1. The van der Waals surface area contributed by atoms with Crippen LogP contribution in [-0.2, 0) is 4.79 Å². The molecule has 0 fully saturated rings. The quantitative estimate of drug-likeness (QED) is 0.169. The Hall–Kier alpha value is -3.69. The van der Waals surface area contributed by atoms with E-state index in [0.717, 1.165) is 22.9 Å². The van der Waals surface area contributed by atoms with E-state index < -0.39 is 10.8 Å². The highest BCUT2D eigenvalue weighted by atomic mass is 35.5. The summed E-state index contributed by atoms with van der Waals surface area (Å²) in [5.74, 6) is -0.621. The van der Waals surface area contributed by atoms with Crippen molar-refractivity contribution >= 4 is 51.5 Å². The average molecular weight is 495 g/mol. The van der Waals surface area contributed by atoms with Gasteiger partial charge in [0.1, 0.15) is 5.69 Å². The number of aromatic nitrogens is 2. The largest absolute Gasteiger partial charge is 0.320 e. The van der Waals surface area contributed by atoms with Gasteiger partial charge in [0.2, 0.25) is 5.91 Å². The third-order valence-corrected chi connectivity index (χ3v) is 6.27. The van der Waals surface area contributed by atoms with Crippen LogP contribution in [0.2, 0.25) is 5.02 Å². The van der Waals surface area contributed by atoms with Gasteiger partial charge < -0.3 is 5.32 Å². The summed E-state index contributed by atoms with van der Waals surface area (Å²) in [4.78, 5) is 41.4. The molecule has 1 N–H and O–H groups in total. The van der Waals surface area contributed by atoms with Crippen LogP contribution in [0.25, 0.3) is 16.6 Å². The number of hydrogen-bond acceptors (Lipinski definition) is 6. The maximum atomic E-state index is 13.4. The molecule has 0 aliphatic rings. The standard InChI is InChI=1S/C24H19ClN4O4S/c1-14-7-9-20(15(2)11-14)28-23(31)17-5-3-4-6-18(17)27-24(28)34-13-22(30)26-19-12-16(25)8-10-21(19)29(32)33/h3-12H,13H2,1-2H3,(H,26,30). The number of nitrogens with one attached hydrogen (secondary N) is 1. The first kappa shape index (κ1) is 23.5. The van der Waals surface area contributed by atoms with Gasteiger partial charge >= 0.3 is 0 Å². The molecule has 8 nitrogen and oxygen atoms in total. The summed E-state index contributed by atoms with van der Waals surface area (Å²) in [6, 6.07) is 16.7. The Morgan fingerprint density at radius 2 is 1.91 bits per heavy atom.